The predicted octanol–water partition coefficient (Wildman–Crippen LogP) is 1.50. The van der Waals surface area contributed by atoms with Crippen LogP contribution in [0.3, 0.4) is 0 Å². The molecule has 0 aliphatic rings. The standard InChI is InChI=1S/C7H14N2/c1-7(2)9(4)6-5-8-3/h5-7H,3H2,1-2,4H3/b6-5-. The summed E-state index contributed by atoms with van der Waals surface area (Å²) in [5.41, 5.74) is 0. The summed E-state index contributed by atoms with van der Waals surface area (Å²) in [7, 11) is 2.01. The molecule has 0 aliphatic carbocycles. The molecule has 0 N–H and O–H groups in total. The third kappa shape index (κ3) is 3.76. The minimum atomic E-state index is 0.531. The zero-order valence-electron chi connectivity index (χ0n) is 6.33. The van der Waals surface area contributed by atoms with Gasteiger partial charge in [0, 0.05) is 25.5 Å². The Morgan fingerprint density at radius 3 is 2.44 bits per heavy atom. The monoisotopic (exact) mass is 126 g/mol. The van der Waals surface area contributed by atoms with E-state index in [1.165, 1.54) is 0 Å². The van der Waals surface area contributed by atoms with Crippen LogP contribution in [0.5, 0.6) is 0 Å². The maximum Gasteiger partial charge on any atom is 0.0419 e. The molecule has 0 aromatic rings. The van der Waals surface area contributed by atoms with E-state index in [1.54, 1.807) is 6.20 Å². The Morgan fingerprint density at radius 2 is 2.11 bits per heavy atom. The van der Waals surface area contributed by atoms with Crippen molar-refractivity contribution in [3.05, 3.63) is 12.4 Å². The van der Waals surface area contributed by atoms with Crippen molar-refractivity contribution >= 4 is 6.72 Å². The minimum Gasteiger partial charge on any atom is -0.377 e. The summed E-state index contributed by atoms with van der Waals surface area (Å²) < 4.78 is 0. The van der Waals surface area contributed by atoms with Crippen LogP contribution in [0.15, 0.2) is 17.4 Å². The van der Waals surface area contributed by atoms with Crippen LogP contribution in [0.4, 0.5) is 0 Å². The van der Waals surface area contributed by atoms with Crippen molar-refractivity contribution in [1.82, 2.24) is 4.90 Å². The van der Waals surface area contributed by atoms with Crippen molar-refractivity contribution in [2.45, 2.75) is 19.9 Å². The van der Waals surface area contributed by atoms with Gasteiger partial charge in [-0.05, 0) is 20.6 Å². The second-order valence-corrected chi connectivity index (χ2v) is 2.24. The van der Waals surface area contributed by atoms with Gasteiger partial charge in [0.25, 0.3) is 0 Å². The fourth-order valence-corrected chi connectivity index (χ4v) is 0.324. The third-order valence-corrected chi connectivity index (χ3v) is 1.22. The molecule has 0 aromatic heterocycles. The van der Waals surface area contributed by atoms with Crippen molar-refractivity contribution in [3.63, 3.8) is 0 Å². The summed E-state index contributed by atoms with van der Waals surface area (Å²) in [4.78, 5) is 5.65. The second kappa shape index (κ2) is 4.13. The molecular weight excluding hydrogens is 112 g/mol. The average Bonchev–Trinajstić information content (AvgIpc) is 1.82. The minimum absolute atomic E-state index is 0.531. The van der Waals surface area contributed by atoms with E-state index in [0.717, 1.165) is 0 Å². The molecule has 0 aromatic carbocycles. The molecule has 0 spiro atoms. The lowest BCUT2D eigenvalue weighted by atomic mass is 10.4. The summed E-state index contributed by atoms with van der Waals surface area (Å²) in [6.07, 6.45) is 3.58. The van der Waals surface area contributed by atoms with Crippen LogP contribution in [-0.2, 0) is 0 Å². The third-order valence-electron chi connectivity index (χ3n) is 1.22. The molecule has 0 aliphatic heterocycles. The Morgan fingerprint density at radius 1 is 1.56 bits per heavy atom. The zero-order valence-corrected chi connectivity index (χ0v) is 6.33. The van der Waals surface area contributed by atoms with Gasteiger partial charge in [-0.2, -0.15) is 0 Å². The Balaban J connectivity index is 3.61. The Labute approximate surface area is 56.9 Å². The van der Waals surface area contributed by atoms with Crippen LogP contribution in [-0.4, -0.2) is 24.7 Å². The summed E-state index contributed by atoms with van der Waals surface area (Å²) >= 11 is 0. The molecule has 0 radical (unpaired) electrons. The molecule has 0 unspecified atom stereocenters. The molecule has 52 valence electrons. The van der Waals surface area contributed by atoms with Gasteiger partial charge in [-0.3, -0.25) is 4.99 Å². The molecule has 0 fully saturated rings. The number of nitrogens with zero attached hydrogens (tertiary/aromatic N) is 2. The van der Waals surface area contributed by atoms with E-state index in [2.05, 4.69) is 30.5 Å². The Kier molecular flexibility index (Phi) is 3.76. The van der Waals surface area contributed by atoms with Crippen LogP contribution in [0.25, 0.3) is 0 Å². The van der Waals surface area contributed by atoms with Crippen LogP contribution >= 0.6 is 0 Å². The molecule has 0 heterocycles. The van der Waals surface area contributed by atoms with Gasteiger partial charge in [-0.15, -0.1) is 0 Å². The Bertz CT molecular complexity index is 105. The summed E-state index contributed by atoms with van der Waals surface area (Å²) in [6.45, 7) is 7.57. The lowest BCUT2D eigenvalue weighted by Crippen LogP contribution is -2.19. The maximum atomic E-state index is 3.59. The van der Waals surface area contributed by atoms with E-state index < -0.39 is 0 Å². The fourth-order valence-electron chi connectivity index (χ4n) is 0.324. The topological polar surface area (TPSA) is 15.6 Å². The van der Waals surface area contributed by atoms with Crippen LogP contribution in [0.1, 0.15) is 13.8 Å². The van der Waals surface area contributed by atoms with E-state index in [4.69, 9.17) is 0 Å². The largest absolute Gasteiger partial charge is 0.377 e. The van der Waals surface area contributed by atoms with E-state index in [-0.39, 0.29) is 0 Å². The number of hydrogen-bond acceptors (Lipinski definition) is 2. The van der Waals surface area contributed by atoms with E-state index in [0.29, 0.717) is 6.04 Å². The highest BCUT2D eigenvalue weighted by molar-refractivity contribution is 5.25. The van der Waals surface area contributed by atoms with Crippen molar-refractivity contribution < 1.29 is 0 Å². The lowest BCUT2D eigenvalue weighted by Gasteiger charge is -2.17. The van der Waals surface area contributed by atoms with Gasteiger partial charge in [-0.1, -0.05) is 0 Å². The van der Waals surface area contributed by atoms with Crippen molar-refractivity contribution in [1.29, 1.82) is 0 Å². The molecule has 0 amide bonds. The Hall–Kier alpha value is -0.790. The van der Waals surface area contributed by atoms with Crippen molar-refractivity contribution in [2.24, 2.45) is 4.99 Å². The quantitative estimate of drug-likeness (QED) is 0.523. The molecule has 0 rings (SSSR count). The van der Waals surface area contributed by atoms with E-state index in [9.17, 15) is 0 Å². The lowest BCUT2D eigenvalue weighted by molar-refractivity contribution is 0.375. The van der Waals surface area contributed by atoms with Crippen molar-refractivity contribution in [2.75, 3.05) is 7.05 Å². The number of hydrogen-bond donors (Lipinski definition) is 0. The molecule has 0 saturated carbocycles. The van der Waals surface area contributed by atoms with E-state index in [1.807, 2.05) is 13.2 Å². The predicted molar refractivity (Wildman–Crippen MR) is 41.6 cm³/mol. The molecule has 2 nitrogen and oxygen atoms in total. The van der Waals surface area contributed by atoms with Gasteiger partial charge in [0.2, 0.25) is 0 Å². The number of rotatable bonds is 3. The van der Waals surface area contributed by atoms with Crippen LogP contribution in [0.2, 0.25) is 0 Å². The van der Waals surface area contributed by atoms with Gasteiger partial charge in [0.05, 0.1) is 0 Å². The van der Waals surface area contributed by atoms with Gasteiger partial charge in [0.15, 0.2) is 0 Å². The first-order chi connectivity index (χ1) is 4.18. The highest BCUT2D eigenvalue weighted by Crippen LogP contribution is 1.92. The van der Waals surface area contributed by atoms with Gasteiger partial charge in [-0.25, -0.2) is 0 Å². The van der Waals surface area contributed by atoms with Crippen LogP contribution < -0.4 is 0 Å². The molecule has 9 heavy (non-hydrogen) atoms. The second-order valence-electron chi connectivity index (χ2n) is 2.24. The summed E-state index contributed by atoms with van der Waals surface area (Å²) in [5, 5.41) is 0. The highest BCUT2D eigenvalue weighted by atomic mass is 15.1. The highest BCUT2D eigenvalue weighted by Gasteiger charge is 1.93. The SMILES string of the molecule is C=N/C=C\N(C)C(C)C. The summed E-state index contributed by atoms with van der Waals surface area (Å²) in [6, 6.07) is 0.531. The summed E-state index contributed by atoms with van der Waals surface area (Å²) in [5.74, 6) is 0. The normalized spacial score (nSPS) is 10.7. The molecule has 2 heteroatoms. The first-order valence-corrected chi connectivity index (χ1v) is 3.03. The molecular formula is C7H14N2. The van der Waals surface area contributed by atoms with Gasteiger partial charge >= 0.3 is 0 Å². The zero-order chi connectivity index (χ0) is 7.28. The van der Waals surface area contributed by atoms with Gasteiger partial charge in [0.1, 0.15) is 0 Å². The van der Waals surface area contributed by atoms with Crippen molar-refractivity contribution in [3.8, 4) is 0 Å². The molecule has 0 bridgehead atoms. The first-order valence-electron chi connectivity index (χ1n) is 3.03. The number of aliphatic imine (C=N–C) groups is 1. The molecule has 0 saturated heterocycles. The smallest absolute Gasteiger partial charge is 0.0419 e. The first kappa shape index (κ1) is 8.21. The fraction of sp³-hybridized carbons (Fsp3) is 0.571. The maximum absolute atomic E-state index is 3.59. The van der Waals surface area contributed by atoms with Crippen LogP contribution in [0, 0.1) is 0 Å². The van der Waals surface area contributed by atoms with E-state index >= 15 is 0 Å². The average molecular weight is 126 g/mol. The molecule has 0 atom stereocenters. The van der Waals surface area contributed by atoms with Gasteiger partial charge < -0.3 is 4.90 Å².